The molecule has 1 aliphatic heterocycles. The highest BCUT2D eigenvalue weighted by Gasteiger charge is 2.33. The van der Waals surface area contributed by atoms with E-state index in [0.29, 0.717) is 12.8 Å². The lowest BCUT2D eigenvalue weighted by atomic mass is 10.2. The van der Waals surface area contributed by atoms with E-state index in [9.17, 15) is 19.8 Å². The number of urea groups is 1. The summed E-state index contributed by atoms with van der Waals surface area (Å²) in [6.45, 7) is 1.86. The van der Waals surface area contributed by atoms with Crippen LogP contribution in [0.2, 0.25) is 0 Å². The van der Waals surface area contributed by atoms with Gasteiger partial charge >= 0.3 is 12.0 Å². The van der Waals surface area contributed by atoms with E-state index in [0.717, 1.165) is 0 Å². The van der Waals surface area contributed by atoms with Crippen LogP contribution in [0.15, 0.2) is 0 Å². The SMILES string of the molecule is CCC[C@@H](NC(=O)N1CC(O)C(O)C1)C(=O)O. The standard InChI is InChI=1S/C10H18N2O5/c1-2-3-6(9(15)16)11-10(17)12-4-7(13)8(14)5-12/h6-8,13-14H,2-5H2,1H3,(H,11,17)(H,15,16)/t6-,7?,8?/m1/s1. The first-order valence-corrected chi connectivity index (χ1v) is 5.60. The predicted molar refractivity (Wildman–Crippen MR) is 58.5 cm³/mol. The minimum Gasteiger partial charge on any atom is -0.480 e. The van der Waals surface area contributed by atoms with Crippen molar-refractivity contribution in [3.8, 4) is 0 Å². The lowest BCUT2D eigenvalue weighted by Crippen LogP contribution is -2.47. The minimum atomic E-state index is -1.08. The van der Waals surface area contributed by atoms with Crippen LogP contribution in [0.3, 0.4) is 0 Å². The highest BCUT2D eigenvalue weighted by molar-refractivity contribution is 5.82. The molecule has 0 aliphatic carbocycles. The molecule has 1 saturated heterocycles. The van der Waals surface area contributed by atoms with E-state index in [2.05, 4.69) is 5.32 Å². The molecule has 1 fully saturated rings. The van der Waals surface area contributed by atoms with Crippen molar-refractivity contribution < 1.29 is 24.9 Å². The molecule has 0 radical (unpaired) electrons. The molecular formula is C10H18N2O5. The Morgan fingerprint density at radius 1 is 1.35 bits per heavy atom. The molecule has 0 bridgehead atoms. The van der Waals surface area contributed by atoms with E-state index < -0.39 is 30.3 Å². The Balaban J connectivity index is 2.50. The summed E-state index contributed by atoms with van der Waals surface area (Å²) in [5.74, 6) is -1.08. The van der Waals surface area contributed by atoms with Gasteiger partial charge in [0.05, 0.1) is 25.3 Å². The third-order valence-electron chi connectivity index (χ3n) is 2.72. The number of aliphatic hydroxyl groups excluding tert-OH is 2. The molecule has 0 spiro atoms. The zero-order valence-corrected chi connectivity index (χ0v) is 9.67. The van der Waals surface area contributed by atoms with E-state index in [1.807, 2.05) is 6.92 Å². The number of nitrogens with one attached hydrogen (secondary N) is 1. The fourth-order valence-corrected chi connectivity index (χ4v) is 1.72. The zero-order chi connectivity index (χ0) is 13.0. The molecular weight excluding hydrogens is 228 g/mol. The Morgan fingerprint density at radius 2 is 1.88 bits per heavy atom. The van der Waals surface area contributed by atoms with Gasteiger partial charge in [-0.2, -0.15) is 0 Å². The second-order valence-electron chi connectivity index (χ2n) is 4.17. The van der Waals surface area contributed by atoms with Crippen LogP contribution in [0, 0.1) is 0 Å². The molecule has 0 aromatic rings. The number of hydrogen-bond acceptors (Lipinski definition) is 4. The molecule has 3 atom stereocenters. The lowest BCUT2D eigenvalue weighted by molar-refractivity contribution is -0.139. The average Bonchev–Trinajstić information content (AvgIpc) is 2.58. The van der Waals surface area contributed by atoms with Crippen molar-refractivity contribution >= 4 is 12.0 Å². The van der Waals surface area contributed by atoms with Gasteiger partial charge in [0.2, 0.25) is 0 Å². The quantitative estimate of drug-likeness (QED) is 0.508. The highest BCUT2D eigenvalue weighted by Crippen LogP contribution is 2.10. The first kappa shape index (κ1) is 13.7. The molecule has 1 heterocycles. The van der Waals surface area contributed by atoms with Crippen molar-refractivity contribution in [2.45, 2.75) is 38.0 Å². The number of hydrogen-bond donors (Lipinski definition) is 4. The van der Waals surface area contributed by atoms with Gasteiger partial charge in [0, 0.05) is 0 Å². The molecule has 7 heteroatoms. The summed E-state index contributed by atoms with van der Waals surface area (Å²) >= 11 is 0. The van der Waals surface area contributed by atoms with Crippen molar-refractivity contribution in [3.05, 3.63) is 0 Å². The Morgan fingerprint density at radius 3 is 2.29 bits per heavy atom. The van der Waals surface area contributed by atoms with Crippen LogP contribution in [0.1, 0.15) is 19.8 Å². The fraction of sp³-hybridized carbons (Fsp3) is 0.800. The molecule has 0 aromatic heterocycles. The first-order chi connectivity index (χ1) is 7.95. The van der Waals surface area contributed by atoms with Gasteiger partial charge in [-0.1, -0.05) is 13.3 Å². The van der Waals surface area contributed by atoms with E-state index in [-0.39, 0.29) is 13.1 Å². The van der Waals surface area contributed by atoms with Crippen molar-refractivity contribution in [2.24, 2.45) is 0 Å². The molecule has 0 saturated carbocycles. The van der Waals surface area contributed by atoms with Gasteiger partial charge in [-0.25, -0.2) is 9.59 Å². The van der Waals surface area contributed by atoms with Crippen LogP contribution < -0.4 is 5.32 Å². The zero-order valence-electron chi connectivity index (χ0n) is 9.67. The third kappa shape index (κ3) is 3.57. The number of likely N-dealkylation sites (tertiary alicyclic amines) is 1. The Hall–Kier alpha value is -1.34. The number of carboxylic acids is 1. The second kappa shape index (κ2) is 5.83. The van der Waals surface area contributed by atoms with Crippen LogP contribution in [0.5, 0.6) is 0 Å². The number of carboxylic acid groups (broad SMARTS) is 1. The van der Waals surface area contributed by atoms with Gasteiger partial charge in [-0.05, 0) is 6.42 Å². The summed E-state index contributed by atoms with van der Waals surface area (Å²) in [4.78, 5) is 23.7. The average molecular weight is 246 g/mol. The number of carbonyl (C=O) groups excluding carboxylic acids is 1. The summed E-state index contributed by atoms with van der Waals surface area (Å²) < 4.78 is 0. The highest BCUT2D eigenvalue weighted by atomic mass is 16.4. The van der Waals surface area contributed by atoms with Gasteiger partial charge in [0.1, 0.15) is 6.04 Å². The molecule has 2 amide bonds. The number of aliphatic hydroxyl groups is 2. The number of rotatable bonds is 4. The van der Waals surface area contributed by atoms with Gasteiger partial charge in [-0.3, -0.25) is 0 Å². The van der Waals surface area contributed by atoms with Crippen LogP contribution in [0.25, 0.3) is 0 Å². The van der Waals surface area contributed by atoms with Crippen molar-refractivity contribution in [1.29, 1.82) is 0 Å². The first-order valence-electron chi connectivity index (χ1n) is 5.60. The topological polar surface area (TPSA) is 110 Å². The summed E-state index contributed by atoms with van der Waals surface area (Å²) in [5.41, 5.74) is 0. The summed E-state index contributed by atoms with van der Waals surface area (Å²) in [6, 6.07) is -1.50. The molecule has 1 rings (SSSR count). The lowest BCUT2D eigenvalue weighted by Gasteiger charge is -2.20. The van der Waals surface area contributed by atoms with E-state index in [1.165, 1.54) is 4.90 Å². The number of β-amino-alcohol motifs (C(OH)–C–C–N with tert-alkyl or cyclic N) is 2. The van der Waals surface area contributed by atoms with Gasteiger partial charge < -0.3 is 25.5 Å². The molecule has 1 aliphatic rings. The van der Waals surface area contributed by atoms with Gasteiger partial charge in [-0.15, -0.1) is 0 Å². The Labute approximate surface area is 99.0 Å². The van der Waals surface area contributed by atoms with Gasteiger partial charge in [0.25, 0.3) is 0 Å². The van der Waals surface area contributed by atoms with Crippen LogP contribution >= 0.6 is 0 Å². The normalized spacial score (nSPS) is 25.7. The molecule has 0 aromatic carbocycles. The minimum absolute atomic E-state index is 0.0193. The number of amides is 2. The Bertz CT molecular complexity index is 286. The summed E-state index contributed by atoms with van der Waals surface area (Å²) in [7, 11) is 0. The smallest absolute Gasteiger partial charge is 0.326 e. The van der Waals surface area contributed by atoms with Crippen molar-refractivity contribution in [1.82, 2.24) is 10.2 Å². The Kier molecular flexibility index (Phi) is 4.71. The predicted octanol–water partition coefficient (Wildman–Crippen LogP) is -1.01. The van der Waals surface area contributed by atoms with Gasteiger partial charge in [0.15, 0.2) is 0 Å². The molecule has 17 heavy (non-hydrogen) atoms. The van der Waals surface area contributed by atoms with E-state index in [1.54, 1.807) is 0 Å². The largest absolute Gasteiger partial charge is 0.480 e. The van der Waals surface area contributed by atoms with E-state index in [4.69, 9.17) is 5.11 Å². The number of nitrogens with zero attached hydrogens (tertiary/aromatic N) is 1. The third-order valence-corrected chi connectivity index (χ3v) is 2.72. The number of aliphatic carboxylic acids is 1. The van der Waals surface area contributed by atoms with Crippen molar-refractivity contribution in [2.75, 3.05) is 13.1 Å². The maximum absolute atomic E-state index is 11.7. The maximum Gasteiger partial charge on any atom is 0.326 e. The molecule has 7 nitrogen and oxygen atoms in total. The van der Waals surface area contributed by atoms with Crippen LogP contribution in [-0.2, 0) is 4.79 Å². The summed E-state index contributed by atoms with van der Waals surface area (Å²) in [6.07, 6.45) is -0.937. The maximum atomic E-state index is 11.7. The number of carbonyl (C=O) groups is 2. The van der Waals surface area contributed by atoms with Crippen molar-refractivity contribution in [3.63, 3.8) is 0 Å². The molecule has 2 unspecified atom stereocenters. The summed E-state index contributed by atoms with van der Waals surface area (Å²) in [5, 5.41) is 29.8. The van der Waals surface area contributed by atoms with E-state index >= 15 is 0 Å². The second-order valence-corrected chi connectivity index (χ2v) is 4.17. The molecule has 98 valence electrons. The van der Waals surface area contributed by atoms with Crippen LogP contribution in [0.4, 0.5) is 4.79 Å². The van der Waals surface area contributed by atoms with Crippen LogP contribution in [-0.4, -0.2) is 63.6 Å². The monoisotopic (exact) mass is 246 g/mol. The molecule has 4 N–H and O–H groups in total. The fourth-order valence-electron chi connectivity index (χ4n) is 1.72.